The van der Waals surface area contributed by atoms with Gasteiger partial charge in [0, 0.05) is 17.1 Å². The Labute approximate surface area is 102 Å². The summed E-state index contributed by atoms with van der Waals surface area (Å²) < 4.78 is 33.4. The number of carbonyl (C=O) groups is 1. The molecule has 0 aliphatic carbocycles. The Morgan fingerprint density at radius 2 is 2.22 bits per heavy atom. The van der Waals surface area contributed by atoms with Crippen LogP contribution in [0.15, 0.2) is 24.4 Å². The van der Waals surface area contributed by atoms with E-state index in [0.29, 0.717) is 16.5 Å². The zero-order chi connectivity index (χ0) is 13.1. The fraction of sp³-hybridized carbons (Fsp3) is 0.250. The van der Waals surface area contributed by atoms with Gasteiger partial charge in [0.15, 0.2) is 0 Å². The first kappa shape index (κ1) is 12.3. The Morgan fingerprint density at radius 1 is 1.44 bits per heavy atom. The number of carbonyl (C=O) groups excluding carboxylic acids is 1. The molecule has 18 heavy (non-hydrogen) atoms. The molecule has 0 aliphatic heterocycles. The lowest BCUT2D eigenvalue weighted by Gasteiger charge is -2.04. The minimum atomic E-state index is -2.90. The number of rotatable bonds is 4. The van der Waals surface area contributed by atoms with Gasteiger partial charge in [0.05, 0.1) is 12.2 Å². The van der Waals surface area contributed by atoms with Crippen molar-refractivity contribution < 1.29 is 23.0 Å². The van der Waals surface area contributed by atoms with E-state index in [9.17, 15) is 13.6 Å². The maximum atomic E-state index is 12.1. The number of hydrogen-bond acceptors (Lipinski definition) is 3. The van der Waals surface area contributed by atoms with Gasteiger partial charge in [-0.2, -0.15) is 8.78 Å². The highest BCUT2D eigenvalue weighted by Crippen LogP contribution is 2.25. The average Bonchev–Trinajstić information content (AvgIpc) is 2.71. The van der Waals surface area contributed by atoms with Crippen molar-refractivity contribution in [1.29, 1.82) is 0 Å². The molecule has 0 radical (unpaired) electrons. The summed E-state index contributed by atoms with van der Waals surface area (Å²) in [6.45, 7) is -0.955. The van der Waals surface area contributed by atoms with Gasteiger partial charge in [-0.15, -0.1) is 0 Å². The minimum absolute atomic E-state index is 0.00245. The predicted molar refractivity (Wildman–Crippen MR) is 60.9 cm³/mol. The van der Waals surface area contributed by atoms with Crippen LogP contribution in [0.5, 0.6) is 5.75 Å². The molecule has 6 heteroatoms. The van der Waals surface area contributed by atoms with Gasteiger partial charge in [0.25, 0.3) is 0 Å². The third-order valence-corrected chi connectivity index (χ3v) is 2.37. The molecule has 0 aliphatic rings. The number of fused-ring (bicyclic) bond motifs is 1. The highest BCUT2D eigenvalue weighted by molar-refractivity contribution is 6.04. The van der Waals surface area contributed by atoms with Crippen molar-refractivity contribution in [3.63, 3.8) is 0 Å². The molecule has 1 aromatic heterocycles. The zero-order valence-electron chi connectivity index (χ0n) is 9.57. The second-order valence-electron chi connectivity index (χ2n) is 3.51. The van der Waals surface area contributed by atoms with Crippen molar-refractivity contribution in [1.82, 2.24) is 4.98 Å². The second-order valence-corrected chi connectivity index (χ2v) is 3.51. The lowest BCUT2D eigenvalue weighted by atomic mass is 10.1. The molecule has 4 nitrogen and oxygen atoms in total. The first-order valence-corrected chi connectivity index (χ1v) is 5.35. The average molecular weight is 255 g/mol. The third-order valence-electron chi connectivity index (χ3n) is 2.37. The highest BCUT2D eigenvalue weighted by atomic mass is 19.3. The molecule has 0 saturated heterocycles. The fourth-order valence-corrected chi connectivity index (χ4v) is 1.65. The van der Waals surface area contributed by atoms with Gasteiger partial charge in [-0.3, -0.25) is 0 Å². The van der Waals surface area contributed by atoms with Crippen LogP contribution in [0, 0.1) is 0 Å². The Balaban J connectivity index is 2.40. The van der Waals surface area contributed by atoms with E-state index in [4.69, 9.17) is 4.74 Å². The molecule has 0 spiro atoms. The standard InChI is InChI=1S/C12H11F2NO3/c1-2-17-11(16)9-6-15-10-4-3-7(5-8(9)10)18-12(13)14/h3-6,12,15H,2H2,1H3. The van der Waals surface area contributed by atoms with E-state index in [2.05, 4.69) is 9.72 Å². The van der Waals surface area contributed by atoms with Crippen molar-refractivity contribution in [3.8, 4) is 5.75 Å². The summed E-state index contributed by atoms with van der Waals surface area (Å²) in [5.74, 6) is -0.499. The van der Waals surface area contributed by atoms with E-state index in [1.807, 2.05) is 0 Å². The minimum Gasteiger partial charge on any atom is -0.462 e. The molecule has 2 aromatic rings. The summed E-state index contributed by atoms with van der Waals surface area (Å²) in [6.07, 6.45) is 1.48. The van der Waals surface area contributed by atoms with E-state index < -0.39 is 12.6 Å². The van der Waals surface area contributed by atoms with Gasteiger partial charge in [-0.25, -0.2) is 4.79 Å². The molecule has 0 amide bonds. The number of esters is 1. The summed E-state index contributed by atoms with van der Waals surface area (Å²) in [6, 6.07) is 4.35. The molecule has 0 bridgehead atoms. The summed E-state index contributed by atoms with van der Waals surface area (Å²) in [5.41, 5.74) is 0.950. The number of nitrogens with one attached hydrogen (secondary N) is 1. The Morgan fingerprint density at radius 3 is 2.89 bits per heavy atom. The normalized spacial score (nSPS) is 10.9. The van der Waals surface area contributed by atoms with Crippen LogP contribution in [0.25, 0.3) is 10.9 Å². The lowest BCUT2D eigenvalue weighted by Crippen LogP contribution is -2.04. The monoisotopic (exact) mass is 255 g/mol. The molecule has 0 fully saturated rings. The first-order chi connectivity index (χ1) is 8.61. The van der Waals surface area contributed by atoms with Crippen molar-refractivity contribution in [2.24, 2.45) is 0 Å². The Hall–Kier alpha value is -2.11. The molecule has 0 unspecified atom stereocenters. The smallest absolute Gasteiger partial charge is 0.387 e. The van der Waals surface area contributed by atoms with E-state index in [-0.39, 0.29) is 12.4 Å². The fourth-order valence-electron chi connectivity index (χ4n) is 1.65. The number of benzene rings is 1. The van der Waals surface area contributed by atoms with Crippen molar-refractivity contribution in [2.45, 2.75) is 13.5 Å². The van der Waals surface area contributed by atoms with E-state index in [1.165, 1.54) is 18.3 Å². The van der Waals surface area contributed by atoms with Crippen molar-refractivity contribution in [2.75, 3.05) is 6.61 Å². The van der Waals surface area contributed by atoms with E-state index in [0.717, 1.165) is 0 Å². The predicted octanol–water partition coefficient (Wildman–Crippen LogP) is 2.95. The lowest BCUT2D eigenvalue weighted by molar-refractivity contribution is -0.0497. The van der Waals surface area contributed by atoms with Crippen LogP contribution >= 0.6 is 0 Å². The van der Waals surface area contributed by atoms with Gasteiger partial charge in [-0.05, 0) is 25.1 Å². The van der Waals surface area contributed by atoms with Gasteiger partial charge in [-0.1, -0.05) is 0 Å². The van der Waals surface area contributed by atoms with E-state index >= 15 is 0 Å². The molecule has 1 aromatic carbocycles. The molecule has 0 saturated carbocycles. The number of ether oxygens (including phenoxy) is 2. The van der Waals surface area contributed by atoms with Crippen LogP contribution in [0.2, 0.25) is 0 Å². The van der Waals surface area contributed by atoms with Crippen LogP contribution in [-0.4, -0.2) is 24.2 Å². The Bertz CT molecular complexity index is 565. The summed E-state index contributed by atoms with van der Waals surface area (Å²) in [4.78, 5) is 14.5. The first-order valence-electron chi connectivity index (χ1n) is 5.35. The van der Waals surface area contributed by atoms with Gasteiger partial charge in [0.2, 0.25) is 0 Å². The quantitative estimate of drug-likeness (QED) is 0.854. The Kier molecular flexibility index (Phi) is 3.45. The van der Waals surface area contributed by atoms with Gasteiger partial charge >= 0.3 is 12.6 Å². The SMILES string of the molecule is CCOC(=O)c1c[nH]c2ccc(OC(F)F)cc12. The number of aromatic amines is 1. The molecule has 2 rings (SSSR count). The molecular weight excluding hydrogens is 244 g/mol. The molecular formula is C12H11F2NO3. The van der Waals surface area contributed by atoms with Crippen LogP contribution in [0.1, 0.15) is 17.3 Å². The number of aromatic nitrogens is 1. The van der Waals surface area contributed by atoms with Gasteiger partial charge < -0.3 is 14.5 Å². The van der Waals surface area contributed by atoms with Gasteiger partial charge in [0.1, 0.15) is 5.75 Å². The number of hydrogen-bond donors (Lipinski definition) is 1. The highest BCUT2D eigenvalue weighted by Gasteiger charge is 2.14. The largest absolute Gasteiger partial charge is 0.462 e. The maximum absolute atomic E-state index is 12.1. The van der Waals surface area contributed by atoms with E-state index in [1.54, 1.807) is 13.0 Å². The van der Waals surface area contributed by atoms with Crippen LogP contribution in [-0.2, 0) is 4.74 Å². The van der Waals surface area contributed by atoms with Crippen molar-refractivity contribution >= 4 is 16.9 Å². The zero-order valence-corrected chi connectivity index (χ0v) is 9.57. The summed E-state index contributed by atoms with van der Waals surface area (Å²) in [7, 11) is 0. The molecule has 1 N–H and O–H groups in total. The second kappa shape index (κ2) is 5.03. The maximum Gasteiger partial charge on any atom is 0.387 e. The van der Waals surface area contributed by atoms with Crippen LogP contribution in [0.4, 0.5) is 8.78 Å². The van der Waals surface area contributed by atoms with Crippen LogP contribution < -0.4 is 4.74 Å². The summed E-state index contributed by atoms with van der Waals surface area (Å²) in [5, 5.41) is 0.492. The third kappa shape index (κ3) is 2.42. The molecule has 0 atom stereocenters. The molecule has 96 valence electrons. The number of H-pyrrole nitrogens is 1. The summed E-state index contributed by atoms with van der Waals surface area (Å²) >= 11 is 0. The van der Waals surface area contributed by atoms with Crippen LogP contribution in [0.3, 0.4) is 0 Å². The number of alkyl halides is 2. The topological polar surface area (TPSA) is 51.3 Å². The van der Waals surface area contributed by atoms with Crippen molar-refractivity contribution in [3.05, 3.63) is 30.0 Å². The number of halogens is 2. The molecule has 1 heterocycles.